The Balaban J connectivity index is 1.92. The van der Waals surface area contributed by atoms with E-state index in [1.807, 2.05) is 30.3 Å². The van der Waals surface area contributed by atoms with Gasteiger partial charge in [-0.1, -0.05) is 41.9 Å². The largest absolute Gasteiger partial charge is 0.337 e. The van der Waals surface area contributed by atoms with E-state index >= 15 is 0 Å². The molecular weight excluding hydrogens is 314 g/mol. The van der Waals surface area contributed by atoms with Crippen LogP contribution in [-0.2, 0) is 0 Å². The van der Waals surface area contributed by atoms with Crippen molar-refractivity contribution in [1.29, 1.82) is 0 Å². The molecule has 0 unspecified atom stereocenters. The predicted molar refractivity (Wildman–Crippen MR) is 86.1 cm³/mol. The Hall–Kier alpha value is -2.73. The fraction of sp³-hybridized carbons (Fsp3) is 0.125. The van der Waals surface area contributed by atoms with Gasteiger partial charge in [-0.05, 0) is 24.6 Å². The maximum Gasteiger partial charge on any atom is 0.270 e. The molecule has 7 heteroatoms. The number of aromatic amines is 1. The van der Waals surface area contributed by atoms with Crippen molar-refractivity contribution >= 4 is 17.5 Å². The van der Waals surface area contributed by atoms with E-state index in [2.05, 4.69) is 25.5 Å². The van der Waals surface area contributed by atoms with Gasteiger partial charge < -0.3 is 5.32 Å². The van der Waals surface area contributed by atoms with Gasteiger partial charge >= 0.3 is 0 Å². The highest BCUT2D eigenvalue weighted by Gasteiger charge is 2.22. The van der Waals surface area contributed by atoms with Crippen molar-refractivity contribution < 1.29 is 4.79 Å². The summed E-state index contributed by atoms with van der Waals surface area (Å²) in [5.74, 6) is 0.823. The Labute approximate surface area is 137 Å². The van der Waals surface area contributed by atoms with Crippen LogP contribution in [0.1, 0.15) is 33.7 Å². The second kappa shape index (κ2) is 6.58. The molecule has 0 spiro atoms. The van der Waals surface area contributed by atoms with Crippen LogP contribution in [0.25, 0.3) is 0 Å². The van der Waals surface area contributed by atoms with Crippen LogP contribution < -0.4 is 5.32 Å². The van der Waals surface area contributed by atoms with Gasteiger partial charge in [0.2, 0.25) is 0 Å². The van der Waals surface area contributed by atoms with Crippen molar-refractivity contribution in [3.63, 3.8) is 0 Å². The summed E-state index contributed by atoms with van der Waals surface area (Å²) in [6.45, 7) is 1.80. The maximum absolute atomic E-state index is 12.5. The van der Waals surface area contributed by atoms with Gasteiger partial charge in [-0.2, -0.15) is 5.10 Å². The van der Waals surface area contributed by atoms with Crippen molar-refractivity contribution in [3.05, 3.63) is 76.6 Å². The van der Waals surface area contributed by atoms with Crippen LogP contribution >= 0.6 is 11.6 Å². The zero-order valence-corrected chi connectivity index (χ0v) is 13.1. The van der Waals surface area contributed by atoms with Crippen molar-refractivity contribution in [2.24, 2.45) is 0 Å². The van der Waals surface area contributed by atoms with Gasteiger partial charge in [0.1, 0.15) is 17.6 Å². The highest BCUT2D eigenvalue weighted by molar-refractivity contribution is 6.30. The number of hydrogen-bond donors (Lipinski definition) is 2. The van der Waals surface area contributed by atoms with Crippen LogP contribution in [0.4, 0.5) is 0 Å². The van der Waals surface area contributed by atoms with E-state index in [1.165, 1.54) is 12.3 Å². The smallest absolute Gasteiger partial charge is 0.270 e. The van der Waals surface area contributed by atoms with Gasteiger partial charge in [0.25, 0.3) is 5.91 Å². The minimum absolute atomic E-state index is 0.241. The van der Waals surface area contributed by atoms with Crippen molar-refractivity contribution in [3.8, 4) is 0 Å². The number of aryl methyl sites for hydroxylation is 1. The number of carbonyl (C=O) groups is 1. The second-order valence-electron chi connectivity index (χ2n) is 4.96. The molecule has 0 aliphatic carbocycles. The van der Waals surface area contributed by atoms with Gasteiger partial charge in [-0.25, -0.2) is 4.98 Å². The minimum Gasteiger partial charge on any atom is -0.337 e. The van der Waals surface area contributed by atoms with Crippen LogP contribution in [0.5, 0.6) is 0 Å². The standard InChI is InChI=1S/C16H14ClN5O/c1-10-19-15(22-21-10)14(11-5-3-2-4-6-11)20-16(23)13-9-12(17)7-8-18-13/h2-9,14H,1H3,(H,20,23)(H,19,21,22)/t14-/m1/s1. The highest BCUT2D eigenvalue weighted by atomic mass is 35.5. The molecule has 2 heterocycles. The molecule has 0 radical (unpaired) electrons. The van der Waals surface area contributed by atoms with Gasteiger partial charge in [0.05, 0.1) is 0 Å². The van der Waals surface area contributed by atoms with Gasteiger partial charge in [0, 0.05) is 11.2 Å². The normalized spacial score (nSPS) is 11.9. The van der Waals surface area contributed by atoms with Gasteiger partial charge in [0.15, 0.2) is 5.82 Å². The number of benzene rings is 1. The summed E-state index contributed by atoms with van der Waals surface area (Å²) in [7, 11) is 0. The number of nitrogens with one attached hydrogen (secondary N) is 2. The number of halogens is 1. The Morgan fingerprint density at radius 2 is 2.04 bits per heavy atom. The summed E-state index contributed by atoms with van der Waals surface area (Å²) in [5.41, 5.74) is 1.12. The fourth-order valence-electron chi connectivity index (χ4n) is 2.17. The Morgan fingerprint density at radius 3 is 2.70 bits per heavy atom. The molecule has 23 heavy (non-hydrogen) atoms. The lowest BCUT2D eigenvalue weighted by Gasteiger charge is -2.16. The molecule has 3 aromatic rings. The second-order valence-corrected chi connectivity index (χ2v) is 5.39. The SMILES string of the molecule is Cc1nc([C@H](NC(=O)c2cc(Cl)ccn2)c2ccccc2)n[nH]1. The lowest BCUT2D eigenvalue weighted by atomic mass is 10.1. The molecule has 0 bridgehead atoms. The number of amides is 1. The van der Waals surface area contributed by atoms with Gasteiger partial charge in [-0.3, -0.25) is 14.9 Å². The summed E-state index contributed by atoms with van der Waals surface area (Å²) in [5, 5.41) is 10.3. The first-order chi connectivity index (χ1) is 11.1. The average Bonchev–Trinajstić information content (AvgIpc) is 2.99. The van der Waals surface area contributed by atoms with Crippen LogP contribution in [-0.4, -0.2) is 26.1 Å². The van der Waals surface area contributed by atoms with Gasteiger partial charge in [-0.15, -0.1) is 0 Å². The van der Waals surface area contributed by atoms with E-state index in [0.29, 0.717) is 16.7 Å². The third-order valence-electron chi connectivity index (χ3n) is 3.24. The lowest BCUT2D eigenvalue weighted by Crippen LogP contribution is -2.30. The molecule has 2 N–H and O–H groups in total. The summed E-state index contributed by atoms with van der Waals surface area (Å²) in [6, 6.07) is 12.2. The first-order valence-corrected chi connectivity index (χ1v) is 7.37. The zero-order chi connectivity index (χ0) is 16.2. The van der Waals surface area contributed by atoms with E-state index < -0.39 is 6.04 Å². The molecular formula is C16H14ClN5O. The number of rotatable bonds is 4. The Kier molecular flexibility index (Phi) is 4.34. The number of carbonyl (C=O) groups excluding carboxylic acids is 1. The molecule has 0 fully saturated rings. The molecule has 3 rings (SSSR count). The topological polar surface area (TPSA) is 83.6 Å². The van der Waals surface area contributed by atoms with E-state index in [4.69, 9.17) is 11.6 Å². The quantitative estimate of drug-likeness (QED) is 0.771. The third-order valence-corrected chi connectivity index (χ3v) is 3.47. The van der Waals surface area contributed by atoms with Crippen molar-refractivity contribution in [2.45, 2.75) is 13.0 Å². The summed E-state index contributed by atoms with van der Waals surface area (Å²) in [4.78, 5) is 20.8. The van der Waals surface area contributed by atoms with Crippen molar-refractivity contribution in [2.75, 3.05) is 0 Å². The molecule has 6 nitrogen and oxygen atoms in total. The molecule has 2 aromatic heterocycles. The van der Waals surface area contributed by atoms with E-state index in [9.17, 15) is 4.79 Å². The monoisotopic (exact) mass is 327 g/mol. The minimum atomic E-state index is -0.477. The number of nitrogens with zero attached hydrogens (tertiary/aromatic N) is 3. The van der Waals surface area contributed by atoms with Crippen molar-refractivity contribution in [1.82, 2.24) is 25.5 Å². The molecule has 116 valence electrons. The molecule has 0 aliphatic rings. The number of aromatic nitrogens is 4. The first-order valence-electron chi connectivity index (χ1n) is 7.00. The zero-order valence-electron chi connectivity index (χ0n) is 12.3. The lowest BCUT2D eigenvalue weighted by molar-refractivity contribution is 0.0936. The average molecular weight is 328 g/mol. The Morgan fingerprint density at radius 1 is 1.26 bits per heavy atom. The van der Waals surface area contributed by atoms with E-state index in [-0.39, 0.29) is 11.6 Å². The fourth-order valence-corrected chi connectivity index (χ4v) is 2.33. The van der Waals surface area contributed by atoms with Crippen LogP contribution in [0.3, 0.4) is 0 Å². The van der Waals surface area contributed by atoms with Crippen LogP contribution in [0.2, 0.25) is 5.02 Å². The molecule has 1 atom stereocenters. The molecule has 0 aliphatic heterocycles. The molecule has 0 saturated carbocycles. The van der Waals surface area contributed by atoms with Crippen LogP contribution in [0, 0.1) is 6.92 Å². The number of pyridine rings is 1. The molecule has 0 saturated heterocycles. The van der Waals surface area contributed by atoms with E-state index in [1.54, 1.807) is 13.0 Å². The predicted octanol–water partition coefficient (Wildman–Crippen LogP) is 2.68. The summed E-state index contributed by atoms with van der Waals surface area (Å²) >= 11 is 5.91. The molecule has 1 amide bonds. The third kappa shape index (κ3) is 3.54. The number of hydrogen-bond acceptors (Lipinski definition) is 4. The highest BCUT2D eigenvalue weighted by Crippen LogP contribution is 2.19. The maximum atomic E-state index is 12.5. The van der Waals surface area contributed by atoms with Crippen LogP contribution in [0.15, 0.2) is 48.7 Å². The Bertz CT molecular complexity index is 818. The summed E-state index contributed by atoms with van der Waals surface area (Å²) < 4.78 is 0. The summed E-state index contributed by atoms with van der Waals surface area (Å²) in [6.07, 6.45) is 1.49. The van der Waals surface area contributed by atoms with E-state index in [0.717, 1.165) is 5.56 Å². The molecule has 1 aromatic carbocycles. The number of H-pyrrole nitrogens is 1. The first kappa shape index (κ1) is 15.2.